The Kier molecular flexibility index (Phi) is 6.34. The van der Waals surface area contributed by atoms with E-state index in [2.05, 4.69) is 15.3 Å². The Hall–Kier alpha value is -3.23. The molecule has 2 aliphatic carbocycles. The van der Waals surface area contributed by atoms with Gasteiger partial charge in [-0.1, -0.05) is 13.3 Å². The zero-order valence-electron chi connectivity index (χ0n) is 20.0. The van der Waals surface area contributed by atoms with Crippen LogP contribution < -0.4 is 10.9 Å². The predicted octanol–water partition coefficient (Wildman–Crippen LogP) is 2.32. The van der Waals surface area contributed by atoms with Crippen molar-refractivity contribution >= 4 is 34.3 Å². The molecule has 2 aromatic heterocycles. The Balaban J connectivity index is 1.39. The van der Waals surface area contributed by atoms with Crippen molar-refractivity contribution in [1.82, 2.24) is 20.2 Å². The standard InChI is InChI=1S/C26H32N4O5/c1-2-21(31)19(11-14-5-4-8-22(14)32)29-25(34)23-16-7-3-6-15(16)13-30(23)26(35)20-12-17-18(28-20)9-10-27-24(17)33/h9-10,12,14-16,19,23,28H,2-8,11,13H2,1H3,(H,27,33)(H,29,34)/t14-,15-,16-,19-,23-/m0/s1. The topological polar surface area (TPSA) is 132 Å². The molecule has 1 aliphatic heterocycles. The Morgan fingerprint density at radius 2 is 2.00 bits per heavy atom. The van der Waals surface area contributed by atoms with Crippen LogP contribution in [0, 0.1) is 17.8 Å². The van der Waals surface area contributed by atoms with E-state index in [1.165, 1.54) is 12.3 Å². The highest BCUT2D eigenvalue weighted by molar-refractivity contribution is 6.01. The molecule has 3 fully saturated rings. The van der Waals surface area contributed by atoms with E-state index in [9.17, 15) is 24.0 Å². The maximum absolute atomic E-state index is 13.6. The van der Waals surface area contributed by atoms with E-state index in [4.69, 9.17) is 0 Å². The van der Waals surface area contributed by atoms with Crippen molar-refractivity contribution in [2.45, 2.75) is 70.4 Å². The molecule has 3 aliphatic rings. The van der Waals surface area contributed by atoms with Crippen LogP contribution in [0.3, 0.4) is 0 Å². The van der Waals surface area contributed by atoms with Crippen molar-refractivity contribution in [2.75, 3.05) is 6.54 Å². The number of likely N-dealkylation sites (tertiary alicyclic amines) is 1. The number of Topliss-reactive ketones (excluding diaryl/α,β-unsaturated/α-hetero) is 2. The number of amides is 2. The highest BCUT2D eigenvalue weighted by Crippen LogP contribution is 2.43. The second kappa shape index (κ2) is 9.43. The summed E-state index contributed by atoms with van der Waals surface area (Å²) in [4.78, 5) is 71.5. The first-order chi connectivity index (χ1) is 16.9. The zero-order valence-corrected chi connectivity index (χ0v) is 20.0. The largest absolute Gasteiger partial charge is 0.350 e. The van der Waals surface area contributed by atoms with Gasteiger partial charge in [-0.15, -0.1) is 0 Å². The third-order valence-corrected chi connectivity index (χ3v) is 8.21. The molecule has 0 unspecified atom stereocenters. The summed E-state index contributed by atoms with van der Waals surface area (Å²) in [5, 5.41) is 3.34. The van der Waals surface area contributed by atoms with E-state index < -0.39 is 12.1 Å². The summed E-state index contributed by atoms with van der Waals surface area (Å²) < 4.78 is 0. The molecule has 1 saturated heterocycles. The number of nitrogens with zero attached hydrogens (tertiary/aromatic N) is 1. The second-order valence-corrected chi connectivity index (χ2v) is 10.2. The smallest absolute Gasteiger partial charge is 0.271 e. The number of carbonyl (C=O) groups excluding carboxylic acids is 4. The monoisotopic (exact) mass is 480 g/mol. The van der Waals surface area contributed by atoms with Gasteiger partial charge < -0.3 is 20.2 Å². The maximum Gasteiger partial charge on any atom is 0.271 e. The summed E-state index contributed by atoms with van der Waals surface area (Å²) in [7, 11) is 0. The number of hydrogen-bond donors (Lipinski definition) is 3. The molecule has 0 aromatic carbocycles. The molecule has 0 bridgehead atoms. The Bertz CT molecular complexity index is 1230. The molecule has 5 rings (SSSR count). The highest BCUT2D eigenvalue weighted by Gasteiger charge is 2.50. The van der Waals surface area contributed by atoms with Gasteiger partial charge in [-0.05, 0) is 56.1 Å². The first kappa shape index (κ1) is 23.5. The minimum absolute atomic E-state index is 0.0391. The van der Waals surface area contributed by atoms with Crippen LogP contribution in [0.4, 0.5) is 0 Å². The van der Waals surface area contributed by atoms with Crippen LogP contribution in [0.15, 0.2) is 23.1 Å². The first-order valence-corrected chi connectivity index (χ1v) is 12.7. The highest BCUT2D eigenvalue weighted by atomic mass is 16.2. The third kappa shape index (κ3) is 4.32. The van der Waals surface area contributed by atoms with E-state index in [0.29, 0.717) is 30.3 Å². The summed E-state index contributed by atoms with van der Waals surface area (Å²) in [6, 6.07) is 1.84. The molecule has 2 aromatic rings. The van der Waals surface area contributed by atoms with Gasteiger partial charge >= 0.3 is 0 Å². The fourth-order valence-electron chi connectivity index (χ4n) is 6.38. The van der Waals surface area contributed by atoms with Crippen LogP contribution in [-0.2, 0) is 14.4 Å². The van der Waals surface area contributed by atoms with Gasteiger partial charge in [0, 0.05) is 31.5 Å². The summed E-state index contributed by atoms with van der Waals surface area (Å²) >= 11 is 0. The molecule has 2 amide bonds. The van der Waals surface area contributed by atoms with E-state index in [-0.39, 0.29) is 58.8 Å². The molecule has 5 atom stereocenters. The summed E-state index contributed by atoms with van der Waals surface area (Å²) in [6.07, 6.45) is 7.06. The van der Waals surface area contributed by atoms with Gasteiger partial charge in [-0.3, -0.25) is 24.0 Å². The molecule has 2 saturated carbocycles. The number of pyridine rings is 1. The molecule has 35 heavy (non-hydrogen) atoms. The van der Waals surface area contributed by atoms with Crippen molar-refractivity contribution in [1.29, 1.82) is 0 Å². The number of aromatic amines is 2. The number of nitrogens with one attached hydrogen (secondary N) is 3. The molecule has 0 radical (unpaired) electrons. The lowest BCUT2D eigenvalue weighted by Gasteiger charge is -2.29. The summed E-state index contributed by atoms with van der Waals surface area (Å²) in [6.45, 7) is 2.23. The average Bonchev–Trinajstić information content (AvgIpc) is 3.61. The van der Waals surface area contributed by atoms with Gasteiger partial charge in [-0.25, -0.2) is 0 Å². The number of hydrogen-bond acceptors (Lipinski definition) is 5. The van der Waals surface area contributed by atoms with Crippen molar-refractivity contribution in [3.8, 4) is 0 Å². The fourth-order valence-corrected chi connectivity index (χ4v) is 6.38. The number of aromatic nitrogens is 2. The van der Waals surface area contributed by atoms with Gasteiger partial charge in [0.2, 0.25) is 5.91 Å². The zero-order chi connectivity index (χ0) is 24.7. The minimum atomic E-state index is -0.719. The van der Waals surface area contributed by atoms with E-state index in [1.807, 2.05) is 0 Å². The molecular weight excluding hydrogens is 448 g/mol. The Labute approximate surface area is 203 Å². The minimum Gasteiger partial charge on any atom is -0.350 e. The van der Waals surface area contributed by atoms with Gasteiger partial charge in [0.15, 0.2) is 5.78 Å². The molecule has 3 N–H and O–H groups in total. The van der Waals surface area contributed by atoms with Crippen molar-refractivity contribution in [3.05, 3.63) is 34.4 Å². The Morgan fingerprint density at radius 3 is 2.71 bits per heavy atom. The number of ketones is 2. The molecule has 9 nitrogen and oxygen atoms in total. The Morgan fingerprint density at radius 1 is 1.17 bits per heavy atom. The van der Waals surface area contributed by atoms with Gasteiger partial charge in [-0.2, -0.15) is 0 Å². The average molecular weight is 481 g/mol. The van der Waals surface area contributed by atoms with Crippen LogP contribution in [0.5, 0.6) is 0 Å². The second-order valence-electron chi connectivity index (χ2n) is 10.2. The van der Waals surface area contributed by atoms with Gasteiger partial charge in [0.1, 0.15) is 17.5 Å². The lowest BCUT2D eigenvalue weighted by atomic mass is 9.91. The van der Waals surface area contributed by atoms with Crippen LogP contribution >= 0.6 is 0 Å². The number of carbonyl (C=O) groups is 4. The van der Waals surface area contributed by atoms with Crippen LogP contribution in [0.1, 0.15) is 68.8 Å². The molecule has 186 valence electrons. The fraction of sp³-hybridized carbons (Fsp3) is 0.577. The van der Waals surface area contributed by atoms with E-state index in [1.54, 1.807) is 17.9 Å². The quantitative estimate of drug-likeness (QED) is 0.560. The summed E-state index contributed by atoms with van der Waals surface area (Å²) in [5.74, 6) is -0.488. The van der Waals surface area contributed by atoms with Gasteiger partial charge in [0.25, 0.3) is 11.5 Å². The lowest BCUT2D eigenvalue weighted by molar-refractivity contribution is -0.131. The number of fused-ring (bicyclic) bond motifs is 2. The SMILES string of the molecule is CCC(=O)[C@H](C[C@@H]1CCCC1=O)NC(=O)[C@@H]1[C@H]2CCC[C@H]2CN1C(=O)c1cc2c(=O)[nH]ccc2[nH]1. The normalized spacial score (nSPS) is 26.8. The number of H-pyrrole nitrogens is 2. The number of rotatable bonds is 7. The first-order valence-electron chi connectivity index (χ1n) is 12.7. The van der Waals surface area contributed by atoms with E-state index >= 15 is 0 Å². The van der Waals surface area contributed by atoms with E-state index in [0.717, 1.165) is 32.1 Å². The third-order valence-electron chi connectivity index (χ3n) is 8.21. The van der Waals surface area contributed by atoms with Crippen molar-refractivity contribution in [2.24, 2.45) is 17.8 Å². The molecule has 9 heteroatoms. The summed E-state index contributed by atoms with van der Waals surface area (Å²) in [5.41, 5.74) is 0.548. The molecule has 0 spiro atoms. The van der Waals surface area contributed by atoms with Crippen molar-refractivity contribution in [3.63, 3.8) is 0 Å². The van der Waals surface area contributed by atoms with Crippen LogP contribution in [0.25, 0.3) is 10.9 Å². The predicted molar refractivity (Wildman–Crippen MR) is 129 cm³/mol. The maximum atomic E-state index is 13.6. The molecule has 3 heterocycles. The van der Waals surface area contributed by atoms with Crippen LogP contribution in [0.2, 0.25) is 0 Å². The van der Waals surface area contributed by atoms with Crippen LogP contribution in [-0.4, -0.2) is 56.9 Å². The molecular formula is C26H32N4O5. The van der Waals surface area contributed by atoms with Gasteiger partial charge in [0.05, 0.1) is 16.9 Å². The lowest BCUT2D eigenvalue weighted by Crippen LogP contribution is -2.53. The van der Waals surface area contributed by atoms with Crippen molar-refractivity contribution < 1.29 is 19.2 Å².